The molecule has 0 bridgehead atoms. The minimum absolute atomic E-state index is 0.0725. The van der Waals surface area contributed by atoms with Gasteiger partial charge in [0.25, 0.3) is 5.91 Å². The predicted molar refractivity (Wildman–Crippen MR) is 230 cm³/mol. The van der Waals surface area contributed by atoms with E-state index in [9.17, 15) is 33.3 Å². The molecule has 6 rings (SSSR count). The van der Waals surface area contributed by atoms with Crippen LogP contribution in [0.1, 0.15) is 76.1 Å². The Bertz CT molecular complexity index is 2390. The third-order valence-electron chi connectivity index (χ3n) is 10.9. The van der Waals surface area contributed by atoms with Gasteiger partial charge in [-0.15, -0.1) is 0 Å². The Balaban J connectivity index is 1.15. The van der Waals surface area contributed by atoms with Crippen LogP contribution >= 0.6 is 7.60 Å². The molecule has 4 aromatic rings. The lowest BCUT2D eigenvalue weighted by Crippen LogP contribution is -2.61. The average Bonchev–Trinajstić information content (AvgIpc) is 3.56. The van der Waals surface area contributed by atoms with E-state index < -0.39 is 73.6 Å². The topological polar surface area (TPSA) is 210 Å². The number of nitrogens with one attached hydrogen (secondary N) is 2. The molecule has 4 aromatic carbocycles. The Hall–Kier alpha value is -6.39. The minimum Gasteiger partial charge on any atom is -0.434 e. The molecule has 18 heteroatoms. The molecule has 0 aliphatic carbocycles. The Morgan fingerprint density at radius 2 is 1.45 bits per heavy atom. The highest BCUT2D eigenvalue weighted by Crippen LogP contribution is 2.67. The summed E-state index contributed by atoms with van der Waals surface area (Å²) in [6.07, 6.45) is 3.40. The van der Waals surface area contributed by atoms with Gasteiger partial charge in [0, 0.05) is 37.1 Å². The van der Waals surface area contributed by atoms with Crippen molar-refractivity contribution in [2.75, 3.05) is 25.0 Å². The number of ether oxygens (including phenoxy) is 2. The van der Waals surface area contributed by atoms with E-state index in [1.807, 2.05) is 25.1 Å². The maximum atomic E-state index is 16.2. The van der Waals surface area contributed by atoms with E-state index >= 15 is 8.78 Å². The number of allylic oxidation sites excluding steroid dienone is 1. The van der Waals surface area contributed by atoms with Gasteiger partial charge in [-0.3, -0.25) is 32.9 Å². The molecule has 0 spiro atoms. The smallest absolute Gasteiger partial charge is 0.410 e. The Morgan fingerprint density at radius 3 is 2.02 bits per heavy atom. The molecule has 0 fully saturated rings. The first-order valence-electron chi connectivity index (χ1n) is 20.3. The van der Waals surface area contributed by atoms with Gasteiger partial charge in [-0.05, 0) is 79.6 Å². The molecular formula is C46H47F2N4O11P. The number of carbonyl (C=O) groups excluding carboxylic acids is 6. The second kappa shape index (κ2) is 20.4. The Kier molecular flexibility index (Phi) is 15.0. The fraction of sp³-hybridized carbons (Fsp3) is 0.304. The van der Waals surface area contributed by atoms with Gasteiger partial charge in [-0.1, -0.05) is 78.9 Å². The first-order valence-corrected chi connectivity index (χ1v) is 21.9. The van der Waals surface area contributed by atoms with Crippen LogP contribution in [0.25, 0.3) is 5.57 Å². The lowest BCUT2D eigenvalue weighted by atomic mass is 9.93. The number of nitrogens with zero attached hydrogens (tertiary/aromatic N) is 1. The van der Waals surface area contributed by atoms with Crippen molar-refractivity contribution < 1.29 is 60.6 Å². The molecule has 64 heavy (non-hydrogen) atoms. The largest absolute Gasteiger partial charge is 0.434 e. The molecule has 0 saturated heterocycles. The van der Waals surface area contributed by atoms with Gasteiger partial charge in [-0.25, -0.2) is 9.59 Å². The lowest BCUT2D eigenvalue weighted by Gasteiger charge is -2.36. The van der Waals surface area contributed by atoms with Crippen molar-refractivity contribution in [2.45, 2.75) is 69.2 Å². The summed E-state index contributed by atoms with van der Waals surface area (Å²) in [4.78, 5) is 78.5. The minimum atomic E-state index is -5.63. The number of hydrogen-bond acceptors (Lipinski definition) is 12. The summed E-state index contributed by atoms with van der Waals surface area (Å²) in [5.41, 5.74) is 1.83. The van der Waals surface area contributed by atoms with Crippen molar-refractivity contribution in [1.29, 1.82) is 0 Å². The molecule has 0 aromatic heterocycles. The maximum absolute atomic E-state index is 16.2. The second-order valence-corrected chi connectivity index (χ2v) is 17.5. The maximum Gasteiger partial charge on any atom is 0.410 e. The fourth-order valence-corrected chi connectivity index (χ4v) is 8.68. The number of aldehydes is 1. The van der Waals surface area contributed by atoms with E-state index in [-0.39, 0.29) is 43.0 Å². The van der Waals surface area contributed by atoms with E-state index in [1.165, 1.54) is 47.4 Å². The normalized spacial score (nSPS) is 17.8. The van der Waals surface area contributed by atoms with Gasteiger partial charge in [0.1, 0.15) is 17.9 Å². The van der Waals surface area contributed by atoms with E-state index in [1.54, 1.807) is 43.3 Å². The van der Waals surface area contributed by atoms with Gasteiger partial charge in [0.05, 0.1) is 16.8 Å². The molecule has 3 atom stereocenters. The zero-order valence-corrected chi connectivity index (χ0v) is 35.9. The van der Waals surface area contributed by atoms with Crippen LogP contribution in [0.3, 0.4) is 0 Å². The average molecular weight is 901 g/mol. The highest BCUT2D eigenvalue weighted by atomic mass is 31.2. The van der Waals surface area contributed by atoms with Crippen LogP contribution in [0.15, 0.2) is 109 Å². The number of amides is 3. The summed E-state index contributed by atoms with van der Waals surface area (Å²) in [5, 5.41) is 6.04. The van der Waals surface area contributed by atoms with Gasteiger partial charge in [0.2, 0.25) is 25.4 Å². The van der Waals surface area contributed by atoms with E-state index in [0.29, 0.717) is 29.7 Å². The quantitative estimate of drug-likeness (QED) is 0.0298. The van der Waals surface area contributed by atoms with E-state index in [0.717, 1.165) is 29.5 Å². The number of rotatable bonds is 20. The summed E-state index contributed by atoms with van der Waals surface area (Å²) in [5.74, 6) is -3.50. The summed E-state index contributed by atoms with van der Waals surface area (Å²) in [6.45, 7) is 1.07. The third kappa shape index (κ3) is 10.7. The van der Waals surface area contributed by atoms with E-state index in [2.05, 4.69) is 10.6 Å². The molecule has 0 saturated carbocycles. The molecular weight excluding hydrogens is 853 g/mol. The number of benzene rings is 4. The molecule has 3 amide bonds. The van der Waals surface area contributed by atoms with Crippen molar-refractivity contribution in [3.8, 4) is 0 Å². The fourth-order valence-electron chi connectivity index (χ4n) is 7.44. The van der Waals surface area contributed by atoms with Crippen LogP contribution in [0.5, 0.6) is 0 Å². The number of para-hydroxylation sites is 1. The summed E-state index contributed by atoms with van der Waals surface area (Å²) in [6, 6.07) is 23.9. The molecule has 336 valence electrons. The van der Waals surface area contributed by atoms with Crippen molar-refractivity contribution in [3.63, 3.8) is 0 Å². The van der Waals surface area contributed by atoms with Crippen LogP contribution in [0.2, 0.25) is 0 Å². The summed E-state index contributed by atoms with van der Waals surface area (Å²) in [7, 11) is -5.63. The number of alkyl halides is 2. The van der Waals surface area contributed by atoms with Crippen LogP contribution in [-0.2, 0) is 60.8 Å². The molecule has 2 aliphatic heterocycles. The Labute approximate surface area is 367 Å². The molecule has 2 aliphatic rings. The first-order chi connectivity index (χ1) is 30.6. The van der Waals surface area contributed by atoms with Crippen molar-refractivity contribution in [3.05, 3.63) is 143 Å². The summed E-state index contributed by atoms with van der Waals surface area (Å²) < 4.78 is 66.1. The van der Waals surface area contributed by atoms with Crippen LogP contribution in [0.4, 0.5) is 14.5 Å². The number of hydrogen-bond donors (Lipinski definition) is 3. The third-order valence-corrected chi connectivity index (χ3v) is 12.8. The van der Waals surface area contributed by atoms with Gasteiger partial charge < -0.3 is 30.6 Å². The van der Waals surface area contributed by atoms with Crippen molar-refractivity contribution >= 4 is 54.8 Å². The van der Waals surface area contributed by atoms with Crippen LogP contribution in [0, 0.1) is 0 Å². The van der Waals surface area contributed by atoms with Gasteiger partial charge >= 0.3 is 25.2 Å². The molecule has 0 radical (unpaired) electrons. The van der Waals surface area contributed by atoms with Crippen molar-refractivity contribution in [2.24, 2.45) is 5.73 Å². The standard InChI is InChI=1S/C46H47F2N4O11P/c1-30(24-40(55)51-38-22-19-33-14-9-15-36-25-45(27-53,52(41(33)36)42(38)56)26-50-31(2)16-23-39(49)54)32-17-20-37(21-18-32)46(47,48)64(59,62-28-60-43(57)34-10-5-3-6-11-34)63-29-61-44(58)35-12-7-4-8-13-35/h3-15,17-18,20-21,24,27,31,38,50H,16,19,22-23,25-26,28-29H2,1-2H3,(H2,49,54)(H,51,55). The second-order valence-electron chi connectivity index (χ2n) is 15.4. The molecule has 15 nitrogen and oxygen atoms in total. The number of primary amides is 1. The van der Waals surface area contributed by atoms with E-state index in [4.69, 9.17) is 24.3 Å². The Morgan fingerprint density at radius 1 is 0.875 bits per heavy atom. The molecule has 2 heterocycles. The van der Waals surface area contributed by atoms with Crippen LogP contribution < -0.4 is 21.3 Å². The number of anilines is 1. The van der Waals surface area contributed by atoms with Crippen molar-refractivity contribution in [1.82, 2.24) is 10.6 Å². The number of nitrogens with two attached hydrogens (primary N) is 1. The highest BCUT2D eigenvalue weighted by Gasteiger charge is 2.56. The first kappa shape index (κ1) is 47.1. The van der Waals surface area contributed by atoms with Gasteiger partial charge in [-0.2, -0.15) is 8.78 Å². The SMILES string of the molecule is CC(=CC(=O)NC1CCc2cccc3c2N(C1=O)C(C=O)(CNC(C)CCC(N)=O)C3)c1ccc(C(F)(F)P(=O)(OCOC(=O)c2ccccc2)OCOC(=O)c2ccccc2)cc1. The number of aryl methyl sites for hydroxylation is 1. The predicted octanol–water partition coefficient (Wildman–Crippen LogP) is 6.20. The zero-order valence-electron chi connectivity index (χ0n) is 35.0. The summed E-state index contributed by atoms with van der Waals surface area (Å²) >= 11 is 0. The number of halogens is 2. The molecule has 3 unspecified atom stereocenters. The monoisotopic (exact) mass is 900 g/mol. The number of esters is 2. The van der Waals surface area contributed by atoms with Gasteiger partial charge in [0.15, 0.2) is 0 Å². The highest BCUT2D eigenvalue weighted by molar-refractivity contribution is 7.54. The number of carbonyl (C=O) groups is 6. The molecule has 4 N–H and O–H groups in total. The lowest BCUT2D eigenvalue weighted by molar-refractivity contribution is -0.127. The van der Waals surface area contributed by atoms with Crippen LogP contribution in [-0.4, -0.2) is 73.7 Å². The zero-order chi connectivity index (χ0) is 46.1.